The lowest BCUT2D eigenvalue weighted by atomic mass is 9.75. The van der Waals surface area contributed by atoms with Crippen molar-refractivity contribution >= 4 is 16.9 Å². The molecule has 0 aliphatic carbocycles. The van der Waals surface area contributed by atoms with Gasteiger partial charge in [-0.2, -0.15) is 0 Å². The van der Waals surface area contributed by atoms with E-state index in [2.05, 4.69) is 29.8 Å². The Morgan fingerprint density at radius 3 is 2.83 bits per heavy atom. The third-order valence-electron chi connectivity index (χ3n) is 5.89. The molecule has 156 valence electrons. The minimum atomic E-state index is -1.50. The smallest absolute Gasteiger partial charge is 0.337 e. The molecule has 1 unspecified atom stereocenters. The monoisotopic (exact) mass is 411 g/mol. The first kappa shape index (κ1) is 19.7. The van der Waals surface area contributed by atoms with Crippen LogP contribution in [0.25, 0.3) is 22.2 Å². The predicted octanol–water partition coefficient (Wildman–Crippen LogP) is 3.06. The highest BCUT2D eigenvalue weighted by molar-refractivity contribution is 5.98. The van der Waals surface area contributed by atoms with Crippen LogP contribution >= 0.6 is 0 Å². The highest BCUT2D eigenvalue weighted by Crippen LogP contribution is 2.42. The predicted molar refractivity (Wildman–Crippen MR) is 106 cm³/mol. The van der Waals surface area contributed by atoms with Crippen LogP contribution in [-0.4, -0.2) is 39.0 Å². The summed E-state index contributed by atoms with van der Waals surface area (Å²) in [6.07, 6.45) is 4.57. The number of rotatable bonds is 1. The summed E-state index contributed by atoms with van der Waals surface area (Å²) < 4.78 is 13.0. The van der Waals surface area contributed by atoms with E-state index in [9.17, 15) is 4.79 Å². The molecule has 0 saturated heterocycles. The zero-order valence-electron chi connectivity index (χ0n) is 16.5. The fraction of sp³-hybridized carbons (Fsp3) is 0.333. The molecule has 0 radical (unpaired) electrons. The lowest BCUT2D eigenvalue weighted by molar-refractivity contribution is -0.742. The Morgan fingerprint density at radius 2 is 2.10 bits per heavy atom. The molecular weight excluding hydrogens is 390 g/mol. The lowest BCUT2D eigenvalue weighted by Gasteiger charge is -2.41. The zero-order valence-corrected chi connectivity index (χ0v) is 16.5. The number of para-hydroxylation sites is 1. The van der Waals surface area contributed by atoms with Crippen LogP contribution in [0.1, 0.15) is 12.6 Å². The molecule has 4 aliphatic rings. The first-order valence-electron chi connectivity index (χ1n) is 9.54. The van der Waals surface area contributed by atoms with E-state index in [4.69, 9.17) is 29.8 Å². The van der Waals surface area contributed by atoms with Gasteiger partial charge in [0.1, 0.15) is 6.10 Å². The number of fused-ring (bicyclic) bond motifs is 6. The van der Waals surface area contributed by atoms with Crippen LogP contribution in [-0.2, 0) is 27.2 Å². The molecule has 1 aromatic carbocycles. The van der Waals surface area contributed by atoms with Gasteiger partial charge in [-0.3, -0.25) is 0 Å². The molecular formula is C21H21N3O6. The molecule has 1 N–H and O–H groups in total. The van der Waals surface area contributed by atoms with E-state index in [1.54, 1.807) is 6.26 Å². The standard InChI is InChI=1S/C21H20N2O3.HNO3/c1-12-16-10-23-8-7-14-13-5-3-4-6-18(13)22-20(14)19(23)9-15(16)17(11-26-12)21(24)25-2;2-1(3)4/h3-8,11-12,15-16H,9-10H2,1-2H3;(H,2,3,4)/t12?,15-,16+;/m0./s1. The van der Waals surface area contributed by atoms with E-state index in [0.29, 0.717) is 5.57 Å². The summed E-state index contributed by atoms with van der Waals surface area (Å²) in [5, 5.41) is 14.8. The number of esters is 1. The number of hydrogen-bond donors (Lipinski definition) is 1. The largest absolute Gasteiger partial charge is 0.497 e. The summed E-state index contributed by atoms with van der Waals surface area (Å²) in [4.78, 5) is 25.5. The van der Waals surface area contributed by atoms with Crippen molar-refractivity contribution in [1.82, 2.24) is 9.55 Å². The highest BCUT2D eigenvalue weighted by Gasteiger charge is 2.42. The molecule has 0 bridgehead atoms. The molecule has 5 rings (SSSR count). The van der Waals surface area contributed by atoms with Crippen LogP contribution in [0.3, 0.4) is 0 Å². The summed E-state index contributed by atoms with van der Waals surface area (Å²) >= 11 is 0. The Bertz CT molecular complexity index is 1120. The van der Waals surface area contributed by atoms with Crippen molar-refractivity contribution in [2.75, 3.05) is 7.11 Å². The van der Waals surface area contributed by atoms with Gasteiger partial charge in [-0.05, 0) is 25.5 Å². The van der Waals surface area contributed by atoms with Crippen LogP contribution in [0, 0.1) is 22.0 Å². The van der Waals surface area contributed by atoms with Crippen LogP contribution in [0.5, 0.6) is 0 Å². The van der Waals surface area contributed by atoms with Gasteiger partial charge >= 0.3 is 5.97 Å². The molecule has 1 aromatic rings. The van der Waals surface area contributed by atoms with Gasteiger partial charge in [0.05, 0.1) is 30.2 Å². The Morgan fingerprint density at radius 1 is 1.37 bits per heavy atom. The molecule has 30 heavy (non-hydrogen) atoms. The Labute approximate surface area is 172 Å². The maximum atomic E-state index is 12.3. The Kier molecular flexibility index (Phi) is 5.03. The molecule has 4 heterocycles. The molecule has 3 atom stereocenters. The van der Waals surface area contributed by atoms with E-state index < -0.39 is 5.09 Å². The first-order chi connectivity index (χ1) is 14.4. The normalized spacial score (nSPS) is 22.1. The number of nitrogens with zero attached hydrogens (tertiary/aromatic N) is 3. The van der Waals surface area contributed by atoms with Crippen molar-refractivity contribution in [2.24, 2.45) is 11.8 Å². The van der Waals surface area contributed by atoms with Gasteiger partial charge < -0.3 is 19.2 Å². The van der Waals surface area contributed by atoms with Crippen LogP contribution in [0.2, 0.25) is 0 Å². The fourth-order valence-electron chi connectivity index (χ4n) is 4.49. The second-order valence-electron chi connectivity index (χ2n) is 7.42. The Hall–Kier alpha value is -3.62. The third kappa shape index (κ3) is 3.32. The third-order valence-corrected chi connectivity index (χ3v) is 5.89. The van der Waals surface area contributed by atoms with Gasteiger partial charge in [-0.25, -0.2) is 9.78 Å². The second kappa shape index (κ2) is 7.66. The van der Waals surface area contributed by atoms with Gasteiger partial charge in [0.15, 0.2) is 0 Å². The number of aromatic nitrogens is 2. The van der Waals surface area contributed by atoms with Gasteiger partial charge in [0.25, 0.3) is 5.09 Å². The van der Waals surface area contributed by atoms with Crippen molar-refractivity contribution in [3.05, 3.63) is 64.2 Å². The summed E-state index contributed by atoms with van der Waals surface area (Å²) in [6.45, 7) is 2.88. The number of pyridine rings is 1. The molecule has 4 aliphatic heterocycles. The molecule has 0 spiro atoms. The zero-order chi connectivity index (χ0) is 21.4. The SMILES string of the molecule is COC(=O)C1=COC(C)[C@H]2Cn3ccc4c5ccccc5nc-4c3C[C@H]12.O=[N+]([O-])O. The van der Waals surface area contributed by atoms with Crippen molar-refractivity contribution < 1.29 is 24.6 Å². The second-order valence-corrected chi connectivity index (χ2v) is 7.42. The van der Waals surface area contributed by atoms with Crippen molar-refractivity contribution in [3.8, 4) is 11.3 Å². The number of carbonyl (C=O) groups excluding carboxylic acids is 1. The molecule has 0 saturated carbocycles. The van der Waals surface area contributed by atoms with Crippen LogP contribution < -0.4 is 0 Å². The van der Waals surface area contributed by atoms with Crippen molar-refractivity contribution in [2.45, 2.75) is 26.0 Å². The quantitative estimate of drug-likeness (QED) is 0.371. The first-order valence-corrected chi connectivity index (χ1v) is 9.54. The van der Waals surface area contributed by atoms with Gasteiger partial charge in [0, 0.05) is 41.2 Å². The average Bonchev–Trinajstić information content (AvgIpc) is 3.11. The molecule has 9 nitrogen and oxygen atoms in total. The summed E-state index contributed by atoms with van der Waals surface area (Å²) in [5.74, 6) is 0.0400. The minimum Gasteiger partial charge on any atom is -0.497 e. The number of benzene rings is 1. The maximum absolute atomic E-state index is 12.3. The van der Waals surface area contributed by atoms with E-state index in [-0.39, 0.29) is 23.9 Å². The number of ether oxygens (including phenoxy) is 2. The highest BCUT2D eigenvalue weighted by atomic mass is 16.9. The number of hydrogen-bond acceptors (Lipinski definition) is 6. The van der Waals surface area contributed by atoms with E-state index in [1.807, 2.05) is 18.2 Å². The van der Waals surface area contributed by atoms with E-state index in [0.717, 1.165) is 24.2 Å². The minimum absolute atomic E-state index is 0.0662. The molecule has 0 amide bonds. The van der Waals surface area contributed by atoms with Crippen LogP contribution in [0.4, 0.5) is 0 Å². The van der Waals surface area contributed by atoms with Gasteiger partial charge in [-0.1, -0.05) is 18.2 Å². The fourth-order valence-corrected chi connectivity index (χ4v) is 4.49. The Balaban J connectivity index is 0.000000503. The van der Waals surface area contributed by atoms with Gasteiger partial charge in [-0.15, -0.1) is 10.1 Å². The number of methoxy groups -OCH3 is 1. The van der Waals surface area contributed by atoms with Crippen molar-refractivity contribution in [3.63, 3.8) is 0 Å². The van der Waals surface area contributed by atoms with E-state index >= 15 is 0 Å². The lowest BCUT2D eigenvalue weighted by Crippen LogP contribution is -2.42. The van der Waals surface area contributed by atoms with Crippen LogP contribution in [0.15, 0.2) is 48.4 Å². The van der Waals surface area contributed by atoms with Gasteiger partial charge in [0.2, 0.25) is 0 Å². The van der Waals surface area contributed by atoms with Crippen molar-refractivity contribution in [1.29, 1.82) is 0 Å². The summed E-state index contributed by atoms with van der Waals surface area (Å²) in [5.41, 5.74) is 5.05. The summed E-state index contributed by atoms with van der Waals surface area (Å²) in [6, 6.07) is 10.4. The number of carbonyl (C=O) groups is 1. The maximum Gasteiger partial charge on any atom is 0.337 e. The summed E-state index contributed by atoms with van der Waals surface area (Å²) in [7, 11) is 1.42. The molecule has 0 aromatic heterocycles. The topological polar surface area (TPSA) is 117 Å². The molecule has 9 heteroatoms. The molecule has 0 fully saturated rings. The average molecular weight is 411 g/mol. The van der Waals surface area contributed by atoms with E-state index in [1.165, 1.54) is 23.8 Å².